The van der Waals surface area contributed by atoms with Crippen molar-refractivity contribution in [2.75, 3.05) is 45.3 Å². The molecule has 0 bridgehead atoms. The summed E-state index contributed by atoms with van der Waals surface area (Å²) in [5.74, 6) is 2.73. The average Bonchev–Trinajstić information content (AvgIpc) is 3.12. The van der Waals surface area contributed by atoms with Gasteiger partial charge in [0.1, 0.15) is 11.5 Å². The largest absolute Gasteiger partial charge is 0.497 e. The predicted molar refractivity (Wildman–Crippen MR) is 103 cm³/mol. The second kappa shape index (κ2) is 7.25. The minimum Gasteiger partial charge on any atom is -0.497 e. The zero-order valence-electron chi connectivity index (χ0n) is 15.2. The van der Waals surface area contributed by atoms with Crippen LogP contribution in [-0.2, 0) is 6.54 Å². The van der Waals surface area contributed by atoms with Crippen LogP contribution in [0.25, 0.3) is 11.0 Å². The number of nitrogens with zero attached hydrogens (tertiary/aromatic N) is 3. The van der Waals surface area contributed by atoms with Crippen molar-refractivity contribution in [2.45, 2.75) is 6.54 Å². The van der Waals surface area contributed by atoms with Crippen molar-refractivity contribution < 1.29 is 9.47 Å². The van der Waals surface area contributed by atoms with Gasteiger partial charge < -0.3 is 19.4 Å². The molecular formula is C20H24N4O2. The predicted octanol–water partition coefficient (Wildman–Crippen LogP) is 2.90. The van der Waals surface area contributed by atoms with Gasteiger partial charge >= 0.3 is 0 Å². The summed E-state index contributed by atoms with van der Waals surface area (Å²) >= 11 is 0. The second-order valence-corrected chi connectivity index (χ2v) is 6.52. The standard InChI is InChI=1S/C20H24N4O2/c1-25-16-7-8-19(26-2)15(13-16)14-23-9-11-24(12-10-23)20-21-17-5-3-4-6-18(17)22-20/h3-8,13H,9-12,14H2,1-2H3,(H,21,22). The van der Waals surface area contributed by atoms with Gasteiger partial charge in [0.05, 0.1) is 25.3 Å². The van der Waals surface area contributed by atoms with Gasteiger partial charge in [-0.15, -0.1) is 0 Å². The summed E-state index contributed by atoms with van der Waals surface area (Å²) < 4.78 is 10.9. The van der Waals surface area contributed by atoms with Crippen molar-refractivity contribution in [3.63, 3.8) is 0 Å². The molecule has 1 aliphatic rings. The smallest absolute Gasteiger partial charge is 0.203 e. The van der Waals surface area contributed by atoms with Gasteiger partial charge in [0, 0.05) is 38.3 Å². The quantitative estimate of drug-likeness (QED) is 0.765. The average molecular weight is 352 g/mol. The Morgan fingerprint density at radius 2 is 1.81 bits per heavy atom. The van der Waals surface area contributed by atoms with Crippen LogP contribution in [0.1, 0.15) is 5.56 Å². The molecule has 1 fully saturated rings. The normalized spacial score (nSPS) is 15.4. The molecule has 0 saturated carbocycles. The highest BCUT2D eigenvalue weighted by Crippen LogP contribution is 2.26. The van der Waals surface area contributed by atoms with Crippen molar-refractivity contribution in [1.29, 1.82) is 0 Å². The Kier molecular flexibility index (Phi) is 4.67. The van der Waals surface area contributed by atoms with Crippen LogP contribution in [0.2, 0.25) is 0 Å². The van der Waals surface area contributed by atoms with Gasteiger partial charge in [-0.1, -0.05) is 12.1 Å². The van der Waals surface area contributed by atoms with Crippen LogP contribution in [0.15, 0.2) is 42.5 Å². The Morgan fingerprint density at radius 3 is 2.54 bits per heavy atom. The number of para-hydroxylation sites is 2. The lowest BCUT2D eigenvalue weighted by molar-refractivity contribution is 0.244. The van der Waals surface area contributed by atoms with Gasteiger partial charge in [0.25, 0.3) is 0 Å². The summed E-state index contributed by atoms with van der Waals surface area (Å²) in [5.41, 5.74) is 3.26. The molecule has 0 spiro atoms. The Labute approximate surface area is 153 Å². The third-order valence-corrected chi connectivity index (χ3v) is 4.93. The van der Waals surface area contributed by atoms with Crippen LogP contribution in [0, 0.1) is 0 Å². The van der Waals surface area contributed by atoms with Gasteiger partial charge in [-0.3, -0.25) is 4.90 Å². The Balaban J connectivity index is 1.42. The van der Waals surface area contributed by atoms with E-state index in [2.05, 4.69) is 26.9 Å². The van der Waals surface area contributed by atoms with Gasteiger partial charge in [-0.25, -0.2) is 4.98 Å². The van der Waals surface area contributed by atoms with Gasteiger partial charge in [0.15, 0.2) is 0 Å². The number of hydrogen-bond donors (Lipinski definition) is 1. The molecule has 0 aliphatic carbocycles. The number of nitrogens with one attached hydrogen (secondary N) is 1. The minimum absolute atomic E-state index is 0.855. The third-order valence-electron chi connectivity index (χ3n) is 4.93. The van der Waals surface area contributed by atoms with Crippen LogP contribution < -0.4 is 14.4 Å². The lowest BCUT2D eigenvalue weighted by atomic mass is 10.1. The maximum absolute atomic E-state index is 5.50. The minimum atomic E-state index is 0.855. The molecule has 26 heavy (non-hydrogen) atoms. The first-order valence-electron chi connectivity index (χ1n) is 8.90. The van der Waals surface area contributed by atoms with Crippen molar-refractivity contribution >= 4 is 17.0 Å². The molecule has 6 heteroatoms. The zero-order valence-corrected chi connectivity index (χ0v) is 15.2. The summed E-state index contributed by atoms with van der Waals surface area (Å²) in [7, 11) is 3.41. The van der Waals surface area contributed by atoms with E-state index in [1.54, 1.807) is 14.2 Å². The first-order chi connectivity index (χ1) is 12.8. The number of aromatic amines is 1. The van der Waals surface area contributed by atoms with E-state index in [4.69, 9.17) is 14.5 Å². The molecule has 0 amide bonds. The first-order valence-corrected chi connectivity index (χ1v) is 8.90. The van der Waals surface area contributed by atoms with Crippen LogP contribution in [-0.4, -0.2) is 55.3 Å². The molecule has 136 valence electrons. The van der Waals surface area contributed by atoms with E-state index >= 15 is 0 Å². The molecular weight excluding hydrogens is 328 g/mol. The van der Waals surface area contributed by atoms with E-state index in [0.29, 0.717) is 0 Å². The SMILES string of the molecule is COc1ccc(OC)c(CN2CCN(c3nc4ccccc4[nH]3)CC2)c1. The number of hydrogen-bond acceptors (Lipinski definition) is 5. The Morgan fingerprint density at radius 1 is 1.00 bits per heavy atom. The fourth-order valence-corrected chi connectivity index (χ4v) is 3.45. The van der Waals surface area contributed by atoms with Gasteiger partial charge in [-0.05, 0) is 30.3 Å². The summed E-state index contributed by atoms with van der Waals surface area (Å²) in [6.45, 7) is 4.72. The third kappa shape index (κ3) is 3.32. The number of fused-ring (bicyclic) bond motifs is 1. The lowest BCUT2D eigenvalue weighted by Gasteiger charge is -2.34. The second-order valence-electron chi connectivity index (χ2n) is 6.52. The first kappa shape index (κ1) is 16.7. The summed E-state index contributed by atoms with van der Waals surface area (Å²) in [6.07, 6.45) is 0. The molecule has 1 saturated heterocycles. The summed E-state index contributed by atoms with van der Waals surface area (Å²) in [5, 5.41) is 0. The van der Waals surface area contributed by atoms with Crippen LogP contribution in [0.5, 0.6) is 11.5 Å². The monoisotopic (exact) mass is 352 g/mol. The maximum atomic E-state index is 5.50. The lowest BCUT2D eigenvalue weighted by Crippen LogP contribution is -2.46. The summed E-state index contributed by atoms with van der Waals surface area (Å²) in [4.78, 5) is 12.9. The van der Waals surface area contributed by atoms with E-state index < -0.39 is 0 Å². The van der Waals surface area contributed by atoms with Gasteiger partial charge in [0.2, 0.25) is 5.95 Å². The van der Waals surface area contributed by atoms with E-state index in [9.17, 15) is 0 Å². The zero-order chi connectivity index (χ0) is 17.9. The van der Waals surface area contributed by atoms with E-state index in [-0.39, 0.29) is 0 Å². The van der Waals surface area contributed by atoms with Crippen LogP contribution in [0.4, 0.5) is 5.95 Å². The highest BCUT2D eigenvalue weighted by atomic mass is 16.5. The molecule has 0 atom stereocenters. The molecule has 0 unspecified atom stereocenters. The topological polar surface area (TPSA) is 53.6 Å². The molecule has 6 nitrogen and oxygen atoms in total. The number of H-pyrrole nitrogens is 1. The molecule has 2 heterocycles. The Hall–Kier alpha value is -2.73. The molecule has 2 aromatic carbocycles. The number of rotatable bonds is 5. The number of benzene rings is 2. The highest BCUT2D eigenvalue weighted by Gasteiger charge is 2.20. The Bertz CT molecular complexity index is 851. The molecule has 4 rings (SSSR count). The van der Waals surface area contributed by atoms with E-state index in [1.807, 2.05) is 30.3 Å². The van der Waals surface area contributed by atoms with Crippen LogP contribution >= 0.6 is 0 Å². The van der Waals surface area contributed by atoms with Crippen molar-refractivity contribution in [2.24, 2.45) is 0 Å². The van der Waals surface area contributed by atoms with Crippen molar-refractivity contribution in [1.82, 2.24) is 14.9 Å². The number of ether oxygens (including phenoxy) is 2. The van der Waals surface area contributed by atoms with Crippen molar-refractivity contribution in [3.8, 4) is 11.5 Å². The molecule has 1 N–H and O–H groups in total. The molecule has 0 radical (unpaired) electrons. The molecule has 1 aromatic heterocycles. The van der Waals surface area contributed by atoms with E-state index in [0.717, 1.165) is 66.8 Å². The number of methoxy groups -OCH3 is 2. The highest BCUT2D eigenvalue weighted by molar-refractivity contribution is 5.77. The maximum Gasteiger partial charge on any atom is 0.203 e. The van der Waals surface area contributed by atoms with Gasteiger partial charge in [-0.2, -0.15) is 0 Å². The number of piperazine rings is 1. The number of anilines is 1. The van der Waals surface area contributed by atoms with Crippen molar-refractivity contribution in [3.05, 3.63) is 48.0 Å². The van der Waals surface area contributed by atoms with Crippen LogP contribution in [0.3, 0.4) is 0 Å². The number of aromatic nitrogens is 2. The molecule has 3 aromatic rings. The fraction of sp³-hybridized carbons (Fsp3) is 0.350. The van der Waals surface area contributed by atoms with E-state index in [1.165, 1.54) is 0 Å². The summed E-state index contributed by atoms with van der Waals surface area (Å²) in [6, 6.07) is 14.1. The fourth-order valence-electron chi connectivity index (χ4n) is 3.45. The molecule has 1 aliphatic heterocycles. The number of imidazole rings is 1.